The summed E-state index contributed by atoms with van der Waals surface area (Å²) in [4.78, 5) is 2.58. The number of benzene rings is 1. The molecule has 0 radical (unpaired) electrons. The van der Waals surface area contributed by atoms with Crippen molar-refractivity contribution in [1.29, 1.82) is 0 Å². The van der Waals surface area contributed by atoms with Crippen molar-refractivity contribution in [3.63, 3.8) is 0 Å². The molecule has 1 unspecified atom stereocenters. The van der Waals surface area contributed by atoms with E-state index in [1.54, 1.807) is 0 Å². The SMILES string of the molecule is c1ccc(-c2cnn(C3CN4CCC3CC4)c2)cc1. The van der Waals surface area contributed by atoms with Crippen molar-refractivity contribution >= 4 is 0 Å². The number of nitrogens with zero attached hydrogens (tertiary/aromatic N) is 3. The average molecular weight is 253 g/mol. The van der Waals surface area contributed by atoms with Gasteiger partial charge in [-0.25, -0.2) is 0 Å². The van der Waals surface area contributed by atoms with Gasteiger partial charge < -0.3 is 4.90 Å². The van der Waals surface area contributed by atoms with Crippen LogP contribution in [0.4, 0.5) is 0 Å². The highest BCUT2D eigenvalue weighted by Gasteiger charge is 2.35. The van der Waals surface area contributed by atoms with E-state index in [1.807, 2.05) is 6.20 Å². The Kier molecular flexibility index (Phi) is 2.66. The minimum Gasteiger partial charge on any atom is -0.301 e. The lowest BCUT2D eigenvalue weighted by Crippen LogP contribution is -2.48. The second kappa shape index (κ2) is 4.49. The Balaban J connectivity index is 1.62. The molecule has 3 aliphatic heterocycles. The highest BCUT2D eigenvalue weighted by Crippen LogP contribution is 2.35. The maximum absolute atomic E-state index is 4.62. The van der Waals surface area contributed by atoms with Crippen molar-refractivity contribution in [2.75, 3.05) is 19.6 Å². The number of fused-ring (bicyclic) bond motifs is 3. The molecule has 0 saturated carbocycles. The molecule has 1 aromatic carbocycles. The fourth-order valence-corrected chi connectivity index (χ4v) is 3.53. The van der Waals surface area contributed by atoms with Crippen LogP contribution in [0.2, 0.25) is 0 Å². The first-order valence-electron chi connectivity index (χ1n) is 7.22. The van der Waals surface area contributed by atoms with Gasteiger partial charge in [-0.1, -0.05) is 30.3 Å². The molecule has 2 aromatic rings. The van der Waals surface area contributed by atoms with E-state index >= 15 is 0 Å². The molecule has 4 heterocycles. The Bertz CT molecular complexity index is 552. The van der Waals surface area contributed by atoms with Crippen molar-refractivity contribution in [3.8, 4) is 11.1 Å². The number of piperidine rings is 3. The molecule has 19 heavy (non-hydrogen) atoms. The van der Waals surface area contributed by atoms with Gasteiger partial charge in [0.2, 0.25) is 0 Å². The summed E-state index contributed by atoms with van der Waals surface area (Å²) in [5.41, 5.74) is 2.49. The Morgan fingerprint density at radius 1 is 1.00 bits per heavy atom. The molecule has 3 fully saturated rings. The van der Waals surface area contributed by atoms with Crippen molar-refractivity contribution < 1.29 is 0 Å². The van der Waals surface area contributed by atoms with Crippen molar-refractivity contribution in [1.82, 2.24) is 14.7 Å². The number of aromatic nitrogens is 2. The molecule has 3 nitrogen and oxygen atoms in total. The molecule has 5 rings (SSSR count). The van der Waals surface area contributed by atoms with E-state index in [9.17, 15) is 0 Å². The summed E-state index contributed by atoms with van der Waals surface area (Å²) in [5.74, 6) is 0.827. The minimum absolute atomic E-state index is 0.583. The Morgan fingerprint density at radius 3 is 2.47 bits per heavy atom. The van der Waals surface area contributed by atoms with Crippen molar-refractivity contribution in [2.24, 2.45) is 5.92 Å². The van der Waals surface area contributed by atoms with Crippen LogP contribution in [0.3, 0.4) is 0 Å². The summed E-state index contributed by atoms with van der Waals surface area (Å²) < 4.78 is 2.21. The highest BCUT2D eigenvalue weighted by atomic mass is 15.3. The third kappa shape index (κ3) is 1.98. The maximum atomic E-state index is 4.62. The quantitative estimate of drug-likeness (QED) is 0.820. The van der Waals surface area contributed by atoms with Crippen LogP contribution in [0, 0.1) is 5.92 Å². The highest BCUT2D eigenvalue weighted by molar-refractivity contribution is 5.61. The molecule has 3 heteroatoms. The van der Waals surface area contributed by atoms with E-state index < -0.39 is 0 Å². The van der Waals surface area contributed by atoms with Gasteiger partial charge in [-0.05, 0) is 37.4 Å². The largest absolute Gasteiger partial charge is 0.301 e. The third-order valence-electron chi connectivity index (χ3n) is 4.67. The Labute approximate surface area is 113 Å². The first kappa shape index (κ1) is 11.2. The van der Waals surface area contributed by atoms with Gasteiger partial charge in [0.25, 0.3) is 0 Å². The summed E-state index contributed by atoms with van der Waals surface area (Å²) in [6.45, 7) is 3.75. The predicted octanol–water partition coefficient (Wildman–Crippen LogP) is 2.82. The summed E-state index contributed by atoms with van der Waals surface area (Å²) in [6.07, 6.45) is 6.91. The number of rotatable bonds is 2. The molecular weight excluding hydrogens is 234 g/mol. The van der Waals surface area contributed by atoms with E-state index in [0.717, 1.165) is 5.92 Å². The lowest BCUT2D eigenvalue weighted by Gasteiger charge is -2.44. The molecule has 1 aromatic heterocycles. The molecule has 3 aliphatic rings. The Hall–Kier alpha value is -1.61. The van der Waals surface area contributed by atoms with Crippen LogP contribution in [-0.4, -0.2) is 34.3 Å². The summed E-state index contributed by atoms with van der Waals surface area (Å²) >= 11 is 0. The van der Waals surface area contributed by atoms with E-state index in [0.29, 0.717) is 6.04 Å². The zero-order chi connectivity index (χ0) is 12.7. The zero-order valence-corrected chi connectivity index (χ0v) is 11.1. The van der Waals surface area contributed by atoms with Gasteiger partial charge >= 0.3 is 0 Å². The van der Waals surface area contributed by atoms with Crippen LogP contribution < -0.4 is 0 Å². The van der Waals surface area contributed by atoms with E-state index in [-0.39, 0.29) is 0 Å². The van der Waals surface area contributed by atoms with Crippen LogP contribution >= 0.6 is 0 Å². The van der Waals surface area contributed by atoms with Gasteiger partial charge in [0.1, 0.15) is 0 Å². The van der Waals surface area contributed by atoms with Crippen LogP contribution in [0.15, 0.2) is 42.7 Å². The third-order valence-corrected chi connectivity index (χ3v) is 4.67. The van der Waals surface area contributed by atoms with Crippen molar-refractivity contribution in [2.45, 2.75) is 18.9 Å². The molecular formula is C16H19N3. The van der Waals surface area contributed by atoms with Gasteiger partial charge in [-0.15, -0.1) is 0 Å². The van der Waals surface area contributed by atoms with E-state index in [1.165, 1.54) is 43.6 Å². The lowest BCUT2D eigenvalue weighted by atomic mass is 9.84. The predicted molar refractivity (Wildman–Crippen MR) is 75.9 cm³/mol. The normalized spacial score (nSPS) is 29.6. The molecule has 0 spiro atoms. The molecule has 98 valence electrons. The maximum Gasteiger partial charge on any atom is 0.0675 e. The van der Waals surface area contributed by atoms with E-state index in [2.05, 4.69) is 51.2 Å². The van der Waals surface area contributed by atoms with Gasteiger partial charge in [0.15, 0.2) is 0 Å². The number of hydrogen-bond donors (Lipinski definition) is 0. The van der Waals surface area contributed by atoms with Crippen LogP contribution in [0.1, 0.15) is 18.9 Å². The fourth-order valence-electron chi connectivity index (χ4n) is 3.53. The van der Waals surface area contributed by atoms with Crippen LogP contribution in [0.25, 0.3) is 11.1 Å². The molecule has 3 saturated heterocycles. The minimum atomic E-state index is 0.583. The first-order valence-corrected chi connectivity index (χ1v) is 7.22. The summed E-state index contributed by atoms with van der Waals surface area (Å²) in [6, 6.07) is 11.1. The first-order chi connectivity index (χ1) is 9.40. The van der Waals surface area contributed by atoms with Crippen LogP contribution in [-0.2, 0) is 0 Å². The fraction of sp³-hybridized carbons (Fsp3) is 0.438. The van der Waals surface area contributed by atoms with Gasteiger partial charge in [-0.3, -0.25) is 4.68 Å². The smallest absolute Gasteiger partial charge is 0.0675 e. The molecule has 0 amide bonds. The summed E-state index contributed by atoms with van der Waals surface area (Å²) in [7, 11) is 0. The average Bonchev–Trinajstić information content (AvgIpc) is 2.99. The molecule has 0 N–H and O–H groups in total. The molecule has 1 atom stereocenters. The topological polar surface area (TPSA) is 21.1 Å². The van der Waals surface area contributed by atoms with Gasteiger partial charge in [0.05, 0.1) is 12.2 Å². The second-order valence-corrected chi connectivity index (χ2v) is 5.78. The van der Waals surface area contributed by atoms with Gasteiger partial charge in [-0.2, -0.15) is 5.10 Å². The van der Waals surface area contributed by atoms with Crippen LogP contribution in [0.5, 0.6) is 0 Å². The lowest BCUT2D eigenvalue weighted by molar-refractivity contribution is 0.0513. The monoisotopic (exact) mass is 253 g/mol. The van der Waals surface area contributed by atoms with Crippen molar-refractivity contribution in [3.05, 3.63) is 42.7 Å². The zero-order valence-electron chi connectivity index (χ0n) is 11.1. The van der Waals surface area contributed by atoms with E-state index in [4.69, 9.17) is 0 Å². The number of hydrogen-bond acceptors (Lipinski definition) is 2. The Morgan fingerprint density at radius 2 is 1.79 bits per heavy atom. The standard InChI is InChI=1S/C16H19N3/c1-2-4-13(5-3-1)15-10-17-19(11-15)16-12-18-8-6-14(16)7-9-18/h1-5,10-11,14,16H,6-9,12H2. The van der Waals surface area contributed by atoms with Gasteiger partial charge in [0, 0.05) is 18.3 Å². The second-order valence-electron chi connectivity index (χ2n) is 5.78. The molecule has 2 bridgehead atoms. The molecule has 0 aliphatic carbocycles. The summed E-state index contributed by atoms with van der Waals surface area (Å²) in [5, 5.41) is 4.62.